The second-order valence-corrected chi connectivity index (χ2v) is 8.44. The number of carbonyl (C=O) groups excluding carboxylic acids is 3. The van der Waals surface area contributed by atoms with Crippen LogP contribution in [0.25, 0.3) is 0 Å². The summed E-state index contributed by atoms with van der Waals surface area (Å²) in [6.07, 6.45) is 3.24. The van der Waals surface area contributed by atoms with Gasteiger partial charge in [-0.1, -0.05) is 47.5 Å². The van der Waals surface area contributed by atoms with E-state index in [2.05, 4.69) is 17.6 Å². The molecule has 0 spiro atoms. The maximum atomic E-state index is 13.1. The fraction of sp³-hybridized carbons (Fsp3) is 0.857. The van der Waals surface area contributed by atoms with E-state index in [9.17, 15) is 14.4 Å². The predicted molar refractivity (Wildman–Crippen MR) is 112 cm³/mol. The van der Waals surface area contributed by atoms with Gasteiger partial charge in [-0.25, -0.2) is 4.79 Å². The Bertz CT molecular complexity index is 524. The van der Waals surface area contributed by atoms with E-state index in [1.807, 2.05) is 34.6 Å². The molecule has 1 saturated heterocycles. The van der Waals surface area contributed by atoms with Gasteiger partial charge in [0, 0.05) is 38.6 Å². The first-order chi connectivity index (χ1) is 13.2. The van der Waals surface area contributed by atoms with Crippen LogP contribution in [0, 0.1) is 11.8 Å². The molecule has 7 nitrogen and oxygen atoms in total. The molecule has 0 aromatic heterocycles. The van der Waals surface area contributed by atoms with Gasteiger partial charge in [0.05, 0.1) is 0 Å². The maximum Gasteiger partial charge on any atom is 0.317 e. The van der Waals surface area contributed by atoms with E-state index >= 15 is 0 Å². The molecule has 0 bridgehead atoms. The minimum Gasteiger partial charge on any atom is -0.344 e. The van der Waals surface area contributed by atoms with Gasteiger partial charge in [-0.3, -0.25) is 9.59 Å². The minimum absolute atomic E-state index is 0.0376. The van der Waals surface area contributed by atoms with Gasteiger partial charge in [0.1, 0.15) is 6.04 Å². The molecule has 1 aliphatic rings. The topological polar surface area (TPSA) is 81.8 Å². The second-order valence-electron chi connectivity index (χ2n) is 8.44. The summed E-state index contributed by atoms with van der Waals surface area (Å²) in [4.78, 5) is 41.4. The Labute approximate surface area is 170 Å². The van der Waals surface area contributed by atoms with Crippen molar-refractivity contribution in [3.63, 3.8) is 0 Å². The summed E-state index contributed by atoms with van der Waals surface area (Å²) in [6, 6.07) is -0.617. The van der Waals surface area contributed by atoms with Gasteiger partial charge in [-0.15, -0.1) is 0 Å². The van der Waals surface area contributed by atoms with Crippen molar-refractivity contribution in [3.05, 3.63) is 0 Å². The van der Waals surface area contributed by atoms with Crippen LogP contribution in [-0.4, -0.2) is 65.9 Å². The standard InChI is InChI=1S/C21H40N4O3/c1-7-9-10-22-21(28)25-12-11-24(14-17(25)6)20(27)19(16(5)8-2)23-18(26)13-15(3)4/h15-17,19H,7-14H2,1-6H3,(H,22,28)(H,23,26). The number of unbranched alkanes of at least 4 members (excludes halogenated alkanes) is 1. The summed E-state index contributed by atoms with van der Waals surface area (Å²) in [5.74, 6) is 0.205. The number of amides is 4. The zero-order chi connectivity index (χ0) is 21.3. The Balaban J connectivity index is 2.71. The van der Waals surface area contributed by atoms with Crippen LogP contribution in [0.2, 0.25) is 0 Å². The Morgan fingerprint density at radius 2 is 1.79 bits per heavy atom. The molecule has 3 atom stereocenters. The predicted octanol–water partition coefficient (Wildman–Crippen LogP) is 2.61. The van der Waals surface area contributed by atoms with Crippen LogP contribution in [0.1, 0.15) is 67.2 Å². The molecule has 1 aliphatic heterocycles. The number of urea groups is 1. The van der Waals surface area contributed by atoms with Crippen molar-refractivity contribution in [2.75, 3.05) is 26.2 Å². The molecule has 2 N–H and O–H groups in total. The van der Waals surface area contributed by atoms with Crippen LogP contribution in [-0.2, 0) is 9.59 Å². The summed E-state index contributed by atoms with van der Waals surface area (Å²) in [7, 11) is 0. The molecular formula is C21H40N4O3. The van der Waals surface area contributed by atoms with E-state index in [0.717, 1.165) is 19.3 Å². The lowest BCUT2D eigenvalue weighted by atomic mass is 9.96. The Kier molecular flexibility index (Phi) is 10.3. The van der Waals surface area contributed by atoms with Crippen molar-refractivity contribution in [1.29, 1.82) is 0 Å². The molecule has 1 fully saturated rings. The highest BCUT2D eigenvalue weighted by atomic mass is 16.2. The van der Waals surface area contributed by atoms with E-state index in [1.54, 1.807) is 9.80 Å². The summed E-state index contributed by atoms with van der Waals surface area (Å²) in [5.41, 5.74) is 0. The lowest BCUT2D eigenvalue weighted by Crippen LogP contribution is -2.61. The van der Waals surface area contributed by atoms with Gasteiger partial charge in [-0.2, -0.15) is 0 Å². The third-order valence-corrected chi connectivity index (χ3v) is 5.40. The number of hydrogen-bond donors (Lipinski definition) is 2. The fourth-order valence-corrected chi connectivity index (χ4v) is 3.42. The zero-order valence-corrected chi connectivity index (χ0v) is 18.6. The highest BCUT2D eigenvalue weighted by Gasteiger charge is 2.35. The summed E-state index contributed by atoms with van der Waals surface area (Å²) in [6.45, 7) is 14.3. The molecule has 4 amide bonds. The normalized spacial score (nSPS) is 19.3. The van der Waals surface area contributed by atoms with Crippen LogP contribution in [0.4, 0.5) is 4.79 Å². The smallest absolute Gasteiger partial charge is 0.317 e. The monoisotopic (exact) mass is 396 g/mol. The van der Waals surface area contributed by atoms with E-state index in [0.29, 0.717) is 32.6 Å². The quantitative estimate of drug-likeness (QED) is 0.588. The van der Waals surface area contributed by atoms with Crippen molar-refractivity contribution in [3.8, 4) is 0 Å². The Morgan fingerprint density at radius 3 is 2.32 bits per heavy atom. The lowest BCUT2D eigenvalue weighted by Gasteiger charge is -2.41. The van der Waals surface area contributed by atoms with Crippen molar-refractivity contribution in [1.82, 2.24) is 20.4 Å². The average Bonchev–Trinajstić information content (AvgIpc) is 2.64. The maximum absolute atomic E-state index is 13.1. The molecule has 1 rings (SSSR count). The summed E-state index contributed by atoms with van der Waals surface area (Å²) < 4.78 is 0. The molecule has 3 unspecified atom stereocenters. The zero-order valence-electron chi connectivity index (χ0n) is 18.6. The van der Waals surface area contributed by atoms with Crippen LogP contribution in [0.5, 0.6) is 0 Å². The lowest BCUT2D eigenvalue weighted by molar-refractivity contribution is -0.140. The number of nitrogens with zero attached hydrogens (tertiary/aromatic N) is 2. The second kappa shape index (κ2) is 11.9. The van der Waals surface area contributed by atoms with Crippen LogP contribution in [0.3, 0.4) is 0 Å². The van der Waals surface area contributed by atoms with E-state index in [4.69, 9.17) is 0 Å². The average molecular weight is 397 g/mol. The summed E-state index contributed by atoms with van der Waals surface area (Å²) >= 11 is 0. The van der Waals surface area contributed by atoms with Gasteiger partial charge in [0.2, 0.25) is 11.8 Å². The van der Waals surface area contributed by atoms with Crippen molar-refractivity contribution in [2.45, 2.75) is 79.3 Å². The molecule has 7 heteroatoms. The Morgan fingerprint density at radius 1 is 1.11 bits per heavy atom. The van der Waals surface area contributed by atoms with Crippen LogP contribution < -0.4 is 10.6 Å². The number of carbonyl (C=O) groups is 3. The minimum atomic E-state index is -0.506. The molecule has 162 valence electrons. The number of nitrogens with one attached hydrogen (secondary N) is 2. The van der Waals surface area contributed by atoms with Gasteiger partial charge in [0.15, 0.2) is 0 Å². The van der Waals surface area contributed by atoms with Gasteiger partial charge >= 0.3 is 6.03 Å². The van der Waals surface area contributed by atoms with Crippen molar-refractivity contribution < 1.29 is 14.4 Å². The third kappa shape index (κ3) is 7.32. The van der Waals surface area contributed by atoms with Crippen LogP contribution >= 0.6 is 0 Å². The fourth-order valence-electron chi connectivity index (χ4n) is 3.42. The number of hydrogen-bond acceptors (Lipinski definition) is 3. The van der Waals surface area contributed by atoms with Gasteiger partial charge < -0.3 is 20.4 Å². The SMILES string of the molecule is CCCCNC(=O)N1CCN(C(=O)C(NC(=O)CC(C)C)C(C)CC)CC1C. The molecule has 0 aromatic rings. The van der Waals surface area contributed by atoms with E-state index in [-0.39, 0.29) is 35.7 Å². The molecule has 0 aliphatic carbocycles. The van der Waals surface area contributed by atoms with E-state index in [1.165, 1.54) is 0 Å². The van der Waals surface area contributed by atoms with Gasteiger partial charge in [-0.05, 0) is 25.2 Å². The van der Waals surface area contributed by atoms with Crippen molar-refractivity contribution >= 4 is 17.8 Å². The van der Waals surface area contributed by atoms with E-state index < -0.39 is 6.04 Å². The Hall–Kier alpha value is -1.79. The number of rotatable bonds is 9. The third-order valence-electron chi connectivity index (χ3n) is 5.40. The molecular weight excluding hydrogens is 356 g/mol. The number of piperazine rings is 1. The van der Waals surface area contributed by atoms with Gasteiger partial charge in [0.25, 0.3) is 0 Å². The first-order valence-electron chi connectivity index (χ1n) is 10.8. The molecule has 0 aromatic carbocycles. The summed E-state index contributed by atoms with van der Waals surface area (Å²) in [5, 5.41) is 5.90. The molecule has 0 radical (unpaired) electrons. The largest absolute Gasteiger partial charge is 0.344 e. The first kappa shape index (κ1) is 24.2. The van der Waals surface area contributed by atoms with Crippen LogP contribution in [0.15, 0.2) is 0 Å². The molecule has 1 heterocycles. The molecule has 0 saturated carbocycles. The highest BCUT2D eigenvalue weighted by molar-refractivity contribution is 5.88. The highest BCUT2D eigenvalue weighted by Crippen LogP contribution is 2.16. The van der Waals surface area contributed by atoms with Crippen molar-refractivity contribution in [2.24, 2.45) is 11.8 Å². The molecule has 28 heavy (non-hydrogen) atoms. The first-order valence-corrected chi connectivity index (χ1v) is 10.8.